The van der Waals surface area contributed by atoms with Crippen LogP contribution in [0.25, 0.3) is 10.9 Å². The lowest BCUT2D eigenvalue weighted by Gasteiger charge is -2.07. The molecule has 96 valence electrons. The van der Waals surface area contributed by atoms with Crippen LogP contribution < -0.4 is 9.47 Å². The molecule has 0 aliphatic rings. The number of fused-ring (bicyclic) bond motifs is 1. The molecule has 2 aromatic rings. The van der Waals surface area contributed by atoms with Gasteiger partial charge in [0.1, 0.15) is 5.75 Å². The van der Waals surface area contributed by atoms with Crippen molar-refractivity contribution in [3.05, 3.63) is 41.2 Å². The standard InChI is InChI=1S/C14H16ClNO2/c1-11-8-12-4-5-13(18-7-3-2-6-15)9-14(12)16(17)10-11/h4-5,8-10H,2-3,6-7H2,1H3. The van der Waals surface area contributed by atoms with E-state index in [2.05, 4.69) is 0 Å². The quantitative estimate of drug-likeness (QED) is 0.360. The Labute approximate surface area is 112 Å². The van der Waals surface area contributed by atoms with Crippen LogP contribution in [-0.4, -0.2) is 12.5 Å². The summed E-state index contributed by atoms with van der Waals surface area (Å²) < 4.78 is 6.48. The van der Waals surface area contributed by atoms with Gasteiger partial charge in [-0.3, -0.25) is 0 Å². The number of alkyl halides is 1. The van der Waals surface area contributed by atoms with Crippen LogP contribution in [0, 0.1) is 12.1 Å². The minimum Gasteiger partial charge on any atom is -0.618 e. The van der Waals surface area contributed by atoms with Crippen LogP contribution in [0.3, 0.4) is 0 Å². The van der Waals surface area contributed by atoms with Gasteiger partial charge in [-0.15, -0.1) is 11.6 Å². The maximum Gasteiger partial charge on any atom is 0.227 e. The minimum atomic E-state index is 0.628. The predicted molar refractivity (Wildman–Crippen MR) is 73.1 cm³/mol. The average Bonchev–Trinajstić information content (AvgIpc) is 2.35. The monoisotopic (exact) mass is 265 g/mol. The molecule has 2 rings (SSSR count). The average molecular weight is 266 g/mol. The van der Waals surface area contributed by atoms with Gasteiger partial charge in [-0.25, -0.2) is 0 Å². The van der Waals surface area contributed by atoms with Gasteiger partial charge in [-0.2, -0.15) is 4.73 Å². The maximum atomic E-state index is 11.8. The normalized spacial score (nSPS) is 10.8. The highest BCUT2D eigenvalue weighted by atomic mass is 35.5. The Bertz CT molecular complexity index is 543. The first-order valence-corrected chi connectivity index (χ1v) is 6.56. The number of hydrogen-bond acceptors (Lipinski definition) is 2. The molecule has 1 aromatic heterocycles. The zero-order valence-corrected chi connectivity index (χ0v) is 11.1. The molecule has 18 heavy (non-hydrogen) atoms. The summed E-state index contributed by atoms with van der Waals surface area (Å²) in [4.78, 5) is 0. The molecule has 3 nitrogen and oxygen atoms in total. The third-order valence-corrected chi connectivity index (χ3v) is 3.01. The first kappa shape index (κ1) is 13.0. The zero-order chi connectivity index (χ0) is 13.0. The Morgan fingerprint density at radius 3 is 2.89 bits per heavy atom. The zero-order valence-electron chi connectivity index (χ0n) is 10.4. The smallest absolute Gasteiger partial charge is 0.227 e. The Morgan fingerprint density at radius 1 is 1.28 bits per heavy atom. The Kier molecular flexibility index (Phi) is 4.26. The van der Waals surface area contributed by atoms with Gasteiger partial charge >= 0.3 is 0 Å². The number of halogens is 1. The first-order chi connectivity index (χ1) is 8.70. The molecule has 0 saturated heterocycles. The number of unbranched alkanes of at least 4 members (excludes halogenated alkanes) is 1. The van der Waals surface area contributed by atoms with Crippen LogP contribution in [0.4, 0.5) is 0 Å². The SMILES string of the molecule is Cc1cc2ccc(OCCCCCl)cc2[n+]([O-])c1. The van der Waals surface area contributed by atoms with E-state index in [4.69, 9.17) is 16.3 Å². The molecule has 0 unspecified atom stereocenters. The fourth-order valence-electron chi connectivity index (χ4n) is 1.85. The summed E-state index contributed by atoms with van der Waals surface area (Å²) in [5.74, 6) is 1.38. The molecule has 0 aliphatic carbocycles. The molecule has 0 aliphatic heterocycles. The molecule has 0 amide bonds. The summed E-state index contributed by atoms with van der Waals surface area (Å²) in [6.07, 6.45) is 3.43. The van der Waals surface area contributed by atoms with Gasteiger partial charge in [0.15, 0.2) is 6.20 Å². The second-order valence-electron chi connectivity index (χ2n) is 4.31. The van der Waals surface area contributed by atoms with Crippen LogP contribution in [-0.2, 0) is 0 Å². The fourth-order valence-corrected chi connectivity index (χ4v) is 2.04. The lowest BCUT2D eigenvalue weighted by Crippen LogP contribution is -2.26. The van der Waals surface area contributed by atoms with Crippen LogP contribution >= 0.6 is 11.6 Å². The van der Waals surface area contributed by atoms with Gasteiger partial charge < -0.3 is 9.94 Å². The van der Waals surface area contributed by atoms with E-state index in [0.717, 1.165) is 34.3 Å². The summed E-state index contributed by atoms with van der Waals surface area (Å²) in [5.41, 5.74) is 1.59. The molecule has 0 spiro atoms. The van der Waals surface area contributed by atoms with Crippen molar-refractivity contribution in [3.8, 4) is 5.75 Å². The van der Waals surface area contributed by atoms with Gasteiger partial charge in [0, 0.05) is 16.8 Å². The van der Waals surface area contributed by atoms with Crippen molar-refractivity contribution in [2.24, 2.45) is 0 Å². The molecule has 0 N–H and O–H groups in total. The number of nitrogens with zero attached hydrogens (tertiary/aromatic N) is 1. The topological polar surface area (TPSA) is 36.2 Å². The first-order valence-electron chi connectivity index (χ1n) is 6.03. The Morgan fingerprint density at radius 2 is 2.11 bits per heavy atom. The number of rotatable bonds is 5. The second kappa shape index (κ2) is 5.91. The Hall–Kier alpha value is -1.48. The number of aryl methyl sites for hydroxylation is 1. The van der Waals surface area contributed by atoms with Gasteiger partial charge in [-0.1, -0.05) is 0 Å². The molecule has 0 bridgehead atoms. The summed E-state index contributed by atoms with van der Waals surface area (Å²) in [6.45, 7) is 2.54. The van der Waals surface area contributed by atoms with Gasteiger partial charge in [-0.05, 0) is 38.0 Å². The molecular formula is C14H16ClNO2. The van der Waals surface area contributed by atoms with Crippen molar-refractivity contribution in [2.45, 2.75) is 19.8 Å². The van der Waals surface area contributed by atoms with Gasteiger partial charge in [0.05, 0.1) is 12.7 Å². The van der Waals surface area contributed by atoms with E-state index in [9.17, 15) is 5.21 Å². The highest BCUT2D eigenvalue weighted by Gasteiger charge is 2.06. The molecule has 0 radical (unpaired) electrons. The van der Waals surface area contributed by atoms with E-state index >= 15 is 0 Å². The molecule has 0 saturated carbocycles. The summed E-state index contributed by atoms with van der Waals surface area (Å²) in [7, 11) is 0. The molecule has 1 aromatic carbocycles. The lowest BCUT2D eigenvalue weighted by atomic mass is 10.1. The third kappa shape index (κ3) is 3.05. The van der Waals surface area contributed by atoms with E-state index in [0.29, 0.717) is 18.0 Å². The van der Waals surface area contributed by atoms with E-state index in [1.165, 1.54) is 0 Å². The molecule has 0 atom stereocenters. The van der Waals surface area contributed by atoms with Gasteiger partial charge in [0.2, 0.25) is 5.52 Å². The van der Waals surface area contributed by atoms with Crippen molar-refractivity contribution in [3.63, 3.8) is 0 Å². The molecule has 0 fully saturated rings. The molecular weight excluding hydrogens is 250 g/mol. The minimum absolute atomic E-state index is 0.628. The van der Waals surface area contributed by atoms with E-state index in [-0.39, 0.29) is 0 Å². The van der Waals surface area contributed by atoms with Crippen LogP contribution in [0.1, 0.15) is 18.4 Å². The van der Waals surface area contributed by atoms with Crippen molar-refractivity contribution >= 4 is 22.5 Å². The molecule has 1 heterocycles. The number of aromatic nitrogens is 1. The summed E-state index contributed by atoms with van der Waals surface area (Å²) in [6, 6.07) is 7.57. The van der Waals surface area contributed by atoms with E-state index < -0.39 is 0 Å². The van der Waals surface area contributed by atoms with Crippen LogP contribution in [0.5, 0.6) is 5.75 Å². The van der Waals surface area contributed by atoms with Crippen molar-refractivity contribution in [1.82, 2.24) is 0 Å². The van der Waals surface area contributed by atoms with Crippen LogP contribution in [0.2, 0.25) is 0 Å². The highest BCUT2D eigenvalue weighted by molar-refractivity contribution is 6.17. The fraction of sp³-hybridized carbons (Fsp3) is 0.357. The van der Waals surface area contributed by atoms with E-state index in [1.807, 2.05) is 25.1 Å². The molecule has 4 heteroatoms. The number of ether oxygens (including phenoxy) is 1. The van der Waals surface area contributed by atoms with Gasteiger partial charge in [0.25, 0.3) is 0 Å². The van der Waals surface area contributed by atoms with Crippen molar-refractivity contribution < 1.29 is 9.47 Å². The van der Waals surface area contributed by atoms with Crippen LogP contribution in [0.15, 0.2) is 30.5 Å². The third-order valence-electron chi connectivity index (χ3n) is 2.74. The largest absolute Gasteiger partial charge is 0.618 e. The second-order valence-corrected chi connectivity index (χ2v) is 4.69. The number of benzene rings is 1. The summed E-state index contributed by atoms with van der Waals surface area (Å²) >= 11 is 5.60. The number of hydrogen-bond donors (Lipinski definition) is 0. The van der Waals surface area contributed by atoms with E-state index in [1.54, 1.807) is 12.3 Å². The lowest BCUT2D eigenvalue weighted by molar-refractivity contribution is -0.577. The number of pyridine rings is 1. The summed E-state index contributed by atoms with van der Waals surface area (Å²) in [5, 5.41) is 12.7. The van der Waals surface area contributed by atoms with Crippen molar-refractivity contribution in [2.75, 3.05) is 12.5 Å². The Balaban J connectivity index is 2.17. The highest BCUT2D eigenvalue weighted by Crippen LogP contribution is 2.19. The predicted octanol–water partition coefficient (Wildman–Crippen LogP) is 3.18. The maximum absolute atomic E-state index is 11.8. The van der Waals surface area contributed by atoms with Crippen molar-refractivity contribution in [1.29, 1.82) is 0 Å².